The van der Waals surface area contributed by atoms with Crippen LogP contribution in [-0.2, 0) is 52.5 Å². The summed E-state index contributed by atoms with van der Waals surface area (Å²) in [4.78, 5) is 88.7. The Bertz CT molecular complexity index is 1350. The number of aliphatic carboxylic acids is 1. The fraction of sp³-hybridized carbons (Fsp3) is 0.829. The highest BCUT2D eigenvalue weighted by atomic mass is 16.5. The van der Waals surface area contributed by atoms with Crippen LogP contribution in [0.5, 0.6) is 0 Å². The summed E-state index contributed by atoms with van der Waals surface area (Å²) in [6, 6.07) is -5.00. The Hall–Kier alpha value is -3.99. The molecule has 0 aromatic carbocycles. The van der Waals surface area contributed by atoms with Crippen molar-refractivity contribution in [3.05, 3.63) is 0 Å². The zero-order chi connectivity index (χ0) is 47.4. The van der Waals surface area contributed by atoms with Crippen LogP contribution in [0.4, 0.5) is 0 Å². The lowest BCUT2D eigenvalue weighted by Gasteiger charge is -2.31. The van der Waals surface area contributed by atoms with Crippen molar-refractivity contribution in [2.75, 3.05) is 65.9 Å². The molecule has 0 radical (unpaired) electrons. The molecule has 0 aromatic rings. The van der Waals surface area contributed by atoms with Crippen molar-refractivity contribution < 1.29 is 67.8 Å². The summed E-state index contributed by atoms with van der Waals surface area (Å²) >= 11 is 0. The smallest absolute Gasteiger partial charge is 0.306 e. The van der Waals surface area contributed by atoms with Gasteiger partial charge in [0.2, 0.25) is 35.4 Å². The number of hydrogen-bond donors (Lipinski definition) is 10. The number of rotatable bonds is 35. The molecule has 11 N–H and O–H groups in total. The second kappa shape index (κ2) is 32.7. The molecule has 21 heteroatoms. The van der Waals surface area contributed by atoms with Crippen LogP contribution in [0.1, 0.15) is 88.0 Å². The van der Waals surface area contributed by atoms with Gasteiger partial charge in [0.25, 0.3) is 0 Å². The molecule has 7 atom stereocenters. The third kappa shape index (κ3) is 27.2. The van der Waals surface area contributed by atoms with E-state index in [9.17, 15) is 43.8 Å². The average Bonchev–Trinajstić information content (AvgIpc) is 3.16. The highest BCUT2D eigenvalue weighted by Crippen LogP contribution is 2.15. The van der Waals surface area contributed by atoms with Crippen LogP contribution in [-0.4, -0.2) is 165 Å². The first kappa shape index (κ1) is 58.0. The minimum atomic E-state index is -1.39. The standard InChI is InChI=1S/C41H77N7O14/c1-24(2)18-29(31(49)20-33(51)44-28(9)39(56)45-30(19-25(3)4)32(50)21-36(54)55)46-40(57)38(27(7)8)48-41(58)37(26(5)6)47-35(53)23-62-17-15-60-13-11-43-34(52)22-61-16-14-59-12-10-42/h24-32,37-38,49-50H,10-23,42H2,1-9H3,(H,43,52)(H,44,51)(H,45,56)(H,46,57)(H,47,53)(H,48,58)(H,54,55). The highest BCUT2D eigenvalue weighted by molar-refractivity contribution is 5.93. The lowest BCUT2D eigenvalue weighted by Crippen LogP contribution is -2.59. The molecule has 0 spiro atoms. The molecule has 0 aromatic heterocycles. The molecule has 0 bridgehead atoms. The van der Waals surface area contributed by atoms with E-state index in [1.807, 2.05) is 27.7 Å². The number of nitrogens with two attached hydrogens (primary N) is 1. The molecular weight excluding hydrogens is 814 g/mol. The predicted molar refractivity (Wildman–Crippen MR) is 228 cm³/mol. The molecule has 0 aliphatic heterocycles. The lowest BCUT2D eigenvalue weighted by atomic mass is 9.95. The van der Waals surface area contributed by atoms with E-state index in [1.54, 1.807) is 27.7 Å². The van der Waals surface area contributed by atoms with Crippen molar-refractivity contribution in [2.45, 2.75) is 130 Å². The Kier molecular flexibility index (Phi) is 30.6. The normalized spacial score (nSPS) is 15.0. The summed E-state index contributed by atoms with van der Waals surface area (Å²) in [5.74, 6) is -5.49. The van der Waals surface area contributed by atoms with Gasteiger partial charge in [-0.15, -0.1) is 0 Å². The molecule has 21 nitrogen and oxygen atoms in total. The molecule has 0 saturated heterocycles. The SMILES string of the molecule is CC(C)CC(NC(=O)C(C)NC(=O)CC(O)C(CC(C)C)NC(=O)C(NC(=O)C(NC(=O)COCCOCCNC(=O)COCCOCCN)C(C)C)C(C)C)C(O)CC(=O)O. The Morgan fingerprint density at radius 1 is 0.516 bits per heavy atom. The zero-order valence-electron chi connectivity index (χ0n) is 38.2. The minimum Gasteiger partial charge on any atom is -0.481 e. The Morgan fingerprint density at radius 2 is 0.968 bits per heavy atom. The second-order valence-electron chi connectivity index (χ2n) is 16.7. The maximum atomic E-state index is 13.7. The van der Waals surface area contributed by atoms with Gasteiger partial charge in [-0.1, -0.05) is 55.4 Å². The minimum absolute atomic E-state index is 0.0211. The second-order valence-corrected chi connectivity index (χ2v) is 16.7. The molecule has 0 aliphatic carbocycles. The summed E-state index contributed by atoms with van der Waals surface area (Å²) in [6.45, 7) is 17.4. The molecule has 0 fully saturated rings. The molecule has 0 aliphatic rings. The monoisotopic (exact) mass is 892 g/mol. The van der Waals surface area contributed by atoms with E-state index >= 15 is 0 Å². The van der Waals surface area contributed by atoms with Crippen molar-refractivity contribution >= 4 is 41.4 Å². The maximum Gasteiger partial charge on any atom is 0.306 e. The van der Waals surface area contributed by atoms with Crippen molar-refractivity contribution in [2.24, 2.45) is 29.4 Å². The van der Waals surface area contributed by atoms with Gasteiger partial charge >= 0.3 is 5.97 Å². The third-order valence-electron chi connectivity index (χ3n) is 9.14. The van der Waals surface area contributed by atoms with Gasteiger partial charge in [0, 0.05) is 13.1 Å². The summed E-state index contributed by atoms with van der Waals surface area (Å²) in [5, 5.41) is 46.5. The van der Waals surface area contributed by atoms with E-state index in [-0.39, 0.29) is 76.3 Å². The first-order valence-electron chi connectivity index (χ1n) is 21.4. The molecule has 7 unspecified atom stereocenters. The van der Waals surface area contributed by atoms with Crippen molar-refractivity contribution in [3.63, 3.8) is 0 Å². The zero-order valence-corrected chi connectivity index (χ0v) is 38.2. The van der Waals surface area contributed by atoms with E-state index in [0.29, 0.717) is 26.2 Å². The number of carbonyl (C=O) groups is 7. The fourth-order valence-electron chi connectivity index (χ4n) is 5.93. The highest BCUT2D eigenvalue weighted by Gasteiger charge is 2.34. The Morgan fingerprint density at radius 3 is 1.47 bits per heavy atom. The van der Waals surface area contributed by atoms with Gasteiger partial charge in [0.1, 0.15) is 31.3 Å². The van der Waals surface area contributed by atoms with Crippen LogP contribution >= 0.6 is 0 Å². The quantitative estimate of drug-likeness (QED) is 0.0326. The predicted octanol–water partition coefficient (Wildman–Crippen LogP) is -1.44. The average molecular weight is 892 g/mol. The Balaban J connectivity index is 5.16. The van der Waals surface area contributed by atoms with Gasteiger partial charge < -0.3 is 71.9 Å². The number of aliphatic hydroxyl groups excluding tert-OH is 2. The molecule has 6 amide bonds. The van der Waals surface area contributed by atoms with Crippen molar-refractivity contribution in [3.8, 4) is 0 Å². The van der Waals surface area contributed by atoms with Crippen LogP contribution in [0, 0.1) is 23.7 Å². The number of nitrogens with one attached hydrogen (secondary N) is 6. The summed E-state index contributed by atoms with van der Waals surface area (Å²) in [5.41, 5.74) is 5.32. The Labute approximate surface area is 366 Å². The number of carboxylic acids is 1. The van der Waals surface area contributed by atoms with Crippen LogP contribution in [0.2, 0.25) is 0 Å². The van der Waals surface area contributed by atoms with Gasteiger partial charge in [-0.2, -0.15) is 0 Å². The summed E-state index contributed by atoms with van der Waals surface area (Å²) in [7, 11) is 0. The fourth-order valence-corrected chi connectivity index (χ4v) is 5.93. The molecule has 0 saturated carbocycles. The van der Waals surface area contributed by atoms with Gasteiger partial charge in [0.15, 0.2) is 0 Å². The number of amides is 6. The summed E-state index contributed by atoms with van der Waals surface area (Å²) < 4.78 is 21.1. The maximum absolute atomic E-state index is 13.7. The van der Waals surface area contributed by atoms with E-state index in [4.69, 9.17) is 29.8 Å². The largest absolute Gasteiger partial charge is 0.481 e. The molecule has 360 valence electrons. The van der Waals surface area contributed by atoms with Gasteiger partial charge in [0.05, 0.1) is 76.8 Å². The van der Waals surface area contributed by atoms with E-state index in [1.165, 1.54) is 6.92 Å². The number of carbonyl (C=O) groups excluding carboxylic acids is 6. The molecule has 62 heavy (non-hydrogen) atoms. The van der Waals surface area contributed by atoms with Crippen molar-refractivity contribution in [1.29, 1.82) is 0 Å². The van der Waals surface area contributed by atoms with Crippen molar-refractivity contribution in [1.82, 2.24) is 31.9 Å². The molecular formula is C41H77N7O14. The molecule has 0 rings (SSSR count). The van der Waals surface area contributed by atoms with Crippen LogP contribution < -0.4 is 37.6 Å². The van der Waals surface area contributed by atoms with Crippen LogP contribution in [0.25, 0.3) is 0 Å². The third-order valence-corrected chi connectivity index (χ3v) is 9.14. The summed E-state index contributed by atoms with van der Waals surface area (Å²) in [6.07, 6.45) is -3.23. The number of hydrogen-bond acceptors (Lipinski definition) is 14. The van der Waals surface area contributed by atoms with E-state index in [0.717, 1.165) is 0 Å². The lowest BCUT2D eigenvalue weighted by molar-refractivity contribution is -0.140. The van der Waals surface area contributed by atoms with Crippen LogP contribution in [0.15, 0.2) is 0 Å². The first-order valence-corrected chi connectivity index (χ1v) is 21.4. The van der Waals surface area contributed by atoms with Gasteiger partial charge in [-0.25, -0.2) is 0 Å². The number of carboxylic acid groups (broad SMARTS) is 1. The van der Waals surface area contributed by atoms with E-state index in [2.05, 4.69) is 31.9 Å². The molecule has 0 heterocycles. The van der Waals surface area contributed by atoms with Gasteiger partial charge in [-0.05, 0) is 43.4 Å². The van der Waals surface area contributed by atoms with E-state index < -0.39 is 96.7 Å². The number of aliphatic hydroxyl groups is 2. The number of ether oxygens (including phenoxy) is 4. The van der Waals surface area contributed by atoms with Gasteiger partial charge in [-0.3, -0.25) is 33.6 Å². The van der Waals surface area contributed by atoms with Crippen LogP contribution in [0.3, 0.4) is 0 Å². The topological polar surface area (TPSA) is 315 Å². The first-order chi connectivity index (χ1) is 29.1.